The van der Waals surface area contributed by atoms with Gasteiger partial charge in [-0.15, -0.1) is 11.3 Å². The molecule has 1 atom stereocenters. The monoisotopic (exact) mass is 360 g/mol. The number of fused-ring (bicyclic) bond motifs is 1. The van der Waals surface area contributed by atoms with Gasteiger partial charge >= 0.3 is 12.1 Å². The smallest absolute Gasteiger partial charge is 0.410 e. The third-order valence-electron chi connectivity index (χ3n) is 4.06. The van der Waals surface area contributed by atoms with Crippen LogP contribution in [0.3, 0.4) is 0 Å². The van der Waals surface area contributed by atoms with Crippen molar-refractivity contribution in [1.29, 1.82) is 0 Å². The summed E-state index contributed by atoms with van der Waals surface area (Å²) in [5, 5.41) is 9.16. The van der Waals surface area contributed by atoms with Gasteiger partial charge in [0, 0.05) is 17.8 Å². The third kappa shape index (κ3) is 4.36. The second kappa shape index (κ2) is 7.65. The summed E-state index contributed by atoms with van der Waals surface area (Å²) in [6, 6.07) is 9.89. The molecule has 6 nitrogen and oxygen atoms in total. The fourth-order valence-electron chi connectivity index (χ4n) is 2.87. The van der Waals surface area contributed by atoms with Crippen molar-refractivity contribution in [3.63, 3.8) is 0 Å². The van der Waals surface area contributed by atoms with Crippen molar-refractivity contribution in [1.82, 2.24) is 9.88 Å². The van der Waals surface area contributed by atoms with E-state index in [1.165, 1.54) is 0 Å². The van der Waals surface area contributed by atoms with Crippen molar-refractivity contribution < 1.29 is 19.4 Å². The molecule has 132 valence electrons. The van der Waals surface area contributed by atoms with Gasteiger partial charge in [-0.05, 0) is 25.3 Å². The summed E-state index contributed by atoms with van der Waals surface area (Å²) >= 11 is 1.14. The molecule has 0 aliphatic carbocycles. The number of aromatic carboxylic acids is 1. The van der Waals surface area contributed by atoms with Crippen LogP contribution < -0.4 is 0 Å². The molecule has 0 radical (unpaired) electrons. The van der Waals surface area contributed by atoms with E-state index in [4.69, 9.17) is 9.84 Å². The van der Waals surface area contributed by atoms with Crippen molar-refractivity contribution in [3.8, 4) is 0 Å². The Morgan fingerprint density at radius 2 is 2.12 bits per heavy atom. The maximum atomic E-state index is 12.5. The summed E-state index contributed by atoms with van der Waals surface area (Å²) in [5.74, 6) is -1.02. The second-order valence-electron chi connectivity index (χ2n) is 6.10. The summed E-state index contributed by atoms with van der Waals surface area (Å²) in [6.45, 7) is 2.82. The Hall–Kier alpha value is -2.41. The van der Waals surface area contributed by atoms with Gasteiger partial charge in [0.25, 0.3) is 0 Å². The number of carbonyl (C=O) groups excluding carboxylic acids is 1. The van der Waals surface area contributed by atoms with E-state index in [1.54, 1.807) is 4.90 Å². The Morgan fingerprint density at radius 3 is 2.84 bits per heavy atom. The molecule has 2 aromatic rings. The van der Waals surface area contributed by atoms with E-state index in [0.717, 1.165) is 33.9 Å². The summed E-state index contributed by atoms with van der Waals surface area (Å²) in [4.78, 5) is 30.2. The van der Waals surface area contributed by atoms with Crippen molar-refractivity contribution in [2.45, 2.75) is 38.8 Å². The molecule has 0 saturated carbocycles. The van der Waals surface area contributed by atoms with Gasteiger partial charge < -0.3 is 14.7 Å². The minimum absolute atomic E-state index is 0.0812. The molecule has 0 spiro atoms. The molecule has 1 unspecified atom stereocenters. The highest BCUT2D eigenvalue weighted by molar-refractivity contribution is 7.13. The van der Waals surface area contributed by atoms with Crippen LogP contribution in [0.1, 0.15) is 39.3 Å². The second-order valence-corrected chi connectivity index (χ2v) is 7.19. The van der Waals surface area contributed by atoms with Crippen molar-refractivity contribution in [2.75, 3.05) is 6.54 Å². The topological polar surface area (TPSA) is 79.7 Å². The number of carboxylic acid groups (broad SMARTS) is 1. The Kier molecular flexibility index (Phi) is 5.33. The van der Waals surface area contributed by atoms with Crippen molar-refractivity contribution in [3.05, 3.63) is 51.5 Å². The zero-order valence-corrected chi connectivity index (χ0v) is 14.8. The average molecular weight is 360 g/mol. The Balaban J connectivity index is 1.62. The molecule has 7 heteroatoms. The zero-order valence-electron chi connectivity index (χ0n) is 14.0. The predicted molar refractivity (Wildman–Crippen MR) is 93.9 cm³/mol. The number of carbonyl (C=O) groups is 2. The number of hydrogen-bond acceptors (Lipinski definition) is 5. The standard InChI is InChI=1S/C18H20N2O4S/c1-12(10-13-6-3-2-4-7-13)24-18(23)20-9-5-8-14-15(11-20)25-16(19-14)17(21)22/h2-4,6-7,12H,5,8-11H2,1H3,(H,21,22). The first-order valence-corrected chi connectivity index (χ1v) is 9.06. The first kappa shape index (κ1) is 17.4. The maximum Gasteiger partial charge on any atom is 0.410 e. The van der Waals surface area contributed by atoms with E-state index in [9.17, 15) is 9.59 Å². The Morgan fingerprint density at radius 1 is 1.36 bits per heavy atom. The van der Waals surface area contributed by atoms with E-state index in [1.807, 2.05) is 37.3 Å². The number of rotatable bonds is 4. The van der Waals surface area contributed by atoms with Gasteiger partial charge in [0.15, 0.2) is 0 Å². The van der Waals surface area contributed by atoms with Crippen LogP contribution in [0.25, 0.3) is 0 Å². The van der Waals surface area contributed by atoms with Gasteiger partial charge in [-0.1, -0.05) is 30.3 Å². The van der Waals surface area contributed by atoms with Gasteiger partial charge in [0.05, 0.1) is 12.2 Å². The zero-order chi connectivity index (χ0) is 17.8. The number of carboxylic acids is 1. The largest absolute Gasteiger partial charge is 0.476 e. The molecule has 1 N–H and O–H groups in total. The van der Waals surface area contributed by atoms with Gasteiger partial charge in [-0.2, -0.15) is 0 Å². The van der Waals surface area contributed by atoms with Crippen LogP contribution in [0, 0.1) is 0 Å². The molecule has 0 bridgehead atoms. The molecule has 1 aliphatic rings. The molecule has 2 heterocycles. The minimum Gasteiger partial charge on any atom is -0.476 e. The Labute approximate surface area is 150 Å². The van der Waals surface area contributed by atoms with Crippen LogP contribution in [0.4, 0.5) is 4.79 Å². The fourth-order valence-corrected chi connectivity index (χ4v) is 3.84. The quantitative estimate of drug-likeness (QED) is 0.904. The van der Waals surface area contributed by atoms with Crippen LogP contribution in [0.5, 0.6) is 0 Å². The van der Waals surface area contributed by atoms with Crippen LogP contribution >= 0.6 is 11.3 Å². The molecule has 1 aliphatic heterocycles. The lowest BCUT2D eigenvalue weighted by molar-refractivity contribution is 0.0682. The van der Waals surface area contributed by atoms with E-state index in [2.05, 4.69) is 4.98 Å². The number of aryl methyl sites for hydroxylation is 1. The summed E-state index contributed by atoms with van der Waals surface area (Å²) in [7, 11) is 0. The number of amides is 1. The number of aromatic nitrogens is 1. The van der Waals surface area contributed by atoms with Gasteiger partial charge in [0.1, 0.15) is 6.10 Å². The number of hydrogen-bond donors (Lipinski definition) is 1. The first-order valence-electron chi connectivity index (χ1n) is 8.24. The van der Waals surface area contributed by atoms with E-state index in [0.29, 0.717) is 25.9 Å². The SMILES string of the molecule is CC(Cc1ccccc1)OC(=O)N1CCCc2nc(C(=O)O)sc2C1. The molecular formula is C18H20N2O4S. The number of benzene rings is 1. The number of thiazole rings is 1. The molecule has 25 heavy (non-hydrogen) atoms. The van der Waals surface area contributed by atoms with Crippen molar-refractivity contribution >= 4 is 23.4 Å². The summed E-state index contributed by atoms with van der Waals surface area (Å²) in [5.41, 5.74) is 1.91. The maximum absolute atomic E-state index is 12.5. The highest BCUT2D eigenvalue weighted by Gasteiger charge is 2.25. The number of ether oxygens (including phenoxy) is 1. The highest BCUT2D eigenvalue weighted by Crippen LogP contribution is 2.25. The van der Waals surface area contributed by atoms with E-state index >= 15 is 0 Å². The van der Waals surface area contributed by atoms with E-state index in [-0.39, 0.29) is 17.2 Å². The van der Waals surface area contributed by atoms with E-state index < -0.39 is 5.97 Å². The van der Waals surface area contributed by atoms with Crippen LogP contribution in [-0.2, 0) is 24.1 Å². The summed E-state index contributed by atoms with van der Waals surface area (Å²) in [6.07, 6.45) is 1.51. The normalized spacial score (nSPS) is 15.2. The molecule has 0 fully saturated rings. The lowest BCUT2D eigenvalue weighted by Crippen LogP contribution is -2.33. The predicted octanol–water partition coefficient (Wildman–Crippen LogP) is 3.36. The number of nitrogens with zero attached hydrogens (tertiary/aromatic N) is 2. The van der Waals surface area contributed by atoms with Crippen LogP contribution in [-0.4, -0.2) is 39.7 Å². The molecule has 1 aromatic carbocycles. The molecule has 1 amide bonds. The lowest BCUT2D eigenvalue weighted by Gasteiger charge is -2.22. The summed E-state index contributed by atoms with van der Waals surface area (Å²) < 4.78 is 5.57. The molecular weight excluding hydrogens is 340 g/mol. The van der Waals surface area contributed by atoms with Crippen molar-refractivity contribution in [2.24, 2.45) is 0 Å². The van der Waals surface area contributed by atoms with Gasteiger partial charge in [0.2, 0.25) is 5.01 Å². The average Bonchev–Trinajstić information content (AvgIpc) is 2.87. The highest BCUT2D eigenvalue weighted by atomic mass is 32.1. The fraction of sp³-hybridized carbons (Fsp3) is 0.389. The third-order valence-corrected chi connectivity index (χ3v) is 5.13. The van der Waals surface area contributed by atoms with Crippen LogP contribution in [0.2, 0.25) is 0 Å². The molecule has 3 rings (SSSR count). The van der Waals surface area contributed by atoms with Gasteiger partial charge in [-0.3, -0.25) is 0 Å². The first-order chi connectivity index (χ1) is 12.0. The van der Waals surface area contributed by atoms with Gasteiger partial charge in [-0.25, -0.2) is 14.6 Å². The lowest BCUT2D eigenvalue weighted by atomic mass is 10.1. The van der Waals surface area contributed by atoms with Crippen LogP contribution in [0.15, 0.2) is 30.3 Å². The molecule has 1 aromatic heterocycles. The Bertz CT molecular complexity index is 760. The molecule has 0 saturated heterocycles. The minimum atomic E-state index is -1.02.